The molecule has 2 aromatic heterocycles. The van der Waals surface area contributed by atoms with Crippen molar-refractivity contribution in [2.24, 2.45) is 0 Å². The maximum Gasteiger partial charge on any atom is 0.353 e. The zero-order valence-electron chi connectivity index (χ0n) is 13.4. The van der Waals surface area contributed by atoms with Crippen LogP contribution in [0.15, 0.2) is 39.7 Å². The van der Waals surface area contributed by atoms with E-state index in [4.69, 9.17) is 9.15 Å². The molecule has 1 aliphatic heterocycles. The fourth-order valence-corrected chi connectivity index (χ4v) is 3.33. The van der Waals surface area contributed by atoms with Gasteiger partial charge in [-0.1, -0.05) is 0 Å². The van der Waals surface area contributed by atoms with Crippen LogP contribution < -0.4 is 5.69 Å². The number of aromatic hydroxyl groups is 1. The van der Waals surface area contributed by atoms with Gasteiger partial charge in [0.25, 0.3) is 0 Å². The Hall–Kier alpha value is -1.95. The van der Waals surface area contributed by atoms with Crippen molar-refractivity contribution in [3.05, 3.63) is 44.5 Å². The molecule has 9 heteroatoms. The minimum Gasteiger partial charge on any atom is -0.507 e. The van der Waals surface area contributed by atoms with Gasteiger partial charge in [0, 0.05) is 18.2 Å². The van der Waals surface area contributed by atoms with Crippen LogP contribution in [0.3, 0.4) is 0 Å². The standard InChI is InChI=1S/C17H15IN2O6/c18-10-2-1-8(3-11(10)22)13-4-9-6-20(17(24)19-16(9)26-13)15-5-12(23)14(7-21)25-15/h1-4,6,12,14-15,21-23H,5,7H2/t12-,14+,15+/m0/s1. The number of hydrogen-bond donors (Lipinski definition) is 3. The highest BCUT2D eigenvalue weighted by molar-refractivity contribution is 14.1. The van der Waals surface area contributed by atoms with Crippen molar-refractivity contribution in [3.8, 4) is 17.1 Å². The fraction of sp³-hybridized carbons (Fsp3) is 0.294. The van der Waals surface area contributed by atoms with Crippen molar-refractivity contribution in [1.29, 1.82) is 0 Å². The molecule has 0 bridgehead atoms. The molecule has 3 heterocycles. The van der Waals surface area contributed by atoms with Gasteiger partial charge in [-0.05, 0) is 46.9 Å². The number of furan rings is 1. The summed E-state index contributed by atoms with van der Waals surface area (Å²) in [4.78, 5) is 16.2. The molecule has 26 heavy (non-hydrogen) atoms. The van der Waals surface area contributed by atoms with Crippen molar-refractivity contribution >= 4 is 33.7 Å². The molecule has 0 radical (unpaired) electrons. The first kappa shape index (κ1) is 17.5. The maximum absolute atomic E-state index is 12.3. The lowest BCUT2D eigenvalue weighted by Crippen LogP contribution is -2.27. The summed E-state index contributed by atoms with van der Waals surface area (Å²) in [6.07, 6.45) is -0.526. The number of halogens is 1. The Morgan fingerprint density at radius 2 is 2.15 bits per heavy atom. The van der Waals surface area contributed by atoms with Gasteiger partial charge in [-0.15, -0.1) is 0 Å². The minimum atomic E-state index is -0.845. The molecule has 4 rings (SSSR count). The SMILES string of the molecule is O=c1nc2oc(-c3ccc(I)c(O)c3)cc2cn1[C@H]1C[C@H](O)[C@@H](CO)O1. The molecule has 0 spiro atoms. The Labute approximate surface area is 160 Å². The first-order valence-electron chi connectivity index (χ1n) is 7.92. The van der Waals surface area contributed by atoms with Crippen LogP contribution in [0.1, 0.15) is 12.6 Å². The van der Waals surface area contributed by atoms with Crippen molar-refractivity contribution in [2.75, 3.05) is 6.61 Å². The highest BCUT2D eigenvalue weighted by atomic mass is 127. The summed E-state index contributed by atoms with van der Waals surface area (Å²) in [5.41, 5.74) is 0.268. The predicted molar refractivity (Wildman–Crippen MR) is 99.7 cm³/mol. The zero-order chi connectivity index (χ0) is 18.4. The number of aliphatic hydroxyl groups excluding tert-OH is 2. The summed E-state index contributed by atoms with van der Waals surface area (Å²) in [7, 11) is 0. The Morgan fingerprint density at radius 3 is 2.85 bits per heavy atom. The lowest BCUT2D eigenvalue weighted by molar-refractivity contribution is -0.0457. The number of phenolic OH excluding ortho intramolecular Hbond substituents is 1. The van der Waals surface area contributed by atoms with Crippen molar-refractivity contribution < 1.29 is 24.5 Å². The molecular weight excluding hydrogens is 455 g/mol. The summed E-state index contributed by atoms with van der Waals surface area (Å²) >= 11 is 2.02. The lowest BCUT2D eigenvalue weighted by Gasteiger charge is -2.13. The Bertz CT molecular complexity index is 1030. The van der Waals surface area contributed by atoms with Crippen LogP contribution in [-0.4, -0.2) is 43.7 Å². The van der Waals surface area contributed by atoms with E-state index in [0.29, 0.717) is 16.7 Å². The largest absolute Gasteiger partial charge is 0.507 e. The van der Waals surface area contributed by atoms with Crippen LogP contribution >= 0.6 is 22.6 Å². The van der Waals surface area contributed by atoms with Crippen molar-refractivity contribution in [1.82, 2.24) is 9.55 Å². The predicted octanol–water partition coefficient (Wildman–Crippen LogP) is 1.61. The molecule has 136 valence electrons. The zero-order valence-corrected chi connectivity index (χ0v) is 15.5. The lowest BCUT2D eigenvalue weighted by atomic mass is 10.1. The van der Waals surface area contributed by atoms with Gasteiger partial charge in [0.15, 0.2) is 0 Å². The van der Waals surface area contributed by atoms with Gasteiger partial charge in [0.2, 0.25) is 5.71 Å². The van der Waals surface area contributed by atoms with E-state index in [1.54, 1.807) is 30.5 Å². The molecule has 1 saturated heterocycles. The second-order valence-electron chi connectivity index (χ2n) is 6.08. The van der Waals surface area contributed by atoms with E-state index < -0.39 is 24.1 Å². The van der Waals surface area contributed by atoms with Gasteiger partial charge in [0.05, 0.1) is 21.7 Å². The molecule has 1 fully saturated rings. The number of phenols is 1. The van der Waals surface area contributed by atoms with Gasteiger partial charge < -0.3 is 24.5 Å². The average Bonchev–Trinajstić information content (AvgIpc) is 3.19. The number of nitrogens with zero attached hydrogens (tertiary/aromatic N) is 2. The third kappa shape index (κ3) is 3.00. The molecule has 3 N–H and O–H groups in total. The van der Waals surface area contributed by atoms with Crippen LogP contribution in [0.5, 0.6) is 5.75 Å². The number of aliphatic hydroxyl groups is 2. The van der Waals surface area contributed by atoms with E-state index in [-0.39, 0.29) is 24.5 Å². The second-order valence-corrected chi connectivity index (χ2v) is 7.25. The molecule has 0 unspecified atom stereocenters. The van der Waals surface area contributed by atoms with Crippen LogP contribution in [0.25, 0.3) is 22.4 Å². The topological polar surface area (TPSA) is 118 Å². The molecule has 1 aromatic carbocycles. The number of hydrogen-bond acceptors (Lipinski definition) is 7. The quantitative estimate of drug-likeness (QED) is 0.498. The van der Waals surface area contributed by atoms with E-state index in [0.717, 1.165) is 3.57 Å². The van der Waals surface area contributed by atoms with Gasteiger partial charge >= 0.3 is 5.69 Å². The first-order valence-corrected chi connectivity index (χ1v) is 9.00. The molecule has 3 atom stereocenters. The monoisotopic (exact) mass is 470 g/mol. The van der Waals surface area contributed by atoms with Gasteiger partial charge in [-0.25, -0.2) is 4.79 Å². The Morgan fingerprint density at radius 1 is 1.35 bits per heavy atom. The van der Waals surface area contributed by atoms with Gasteiger partial charge in [0.1, 0.15) is 23.8 Å². The number of aromatic nitrogens is 2. The molecule has 0 aliphatic carbocycles. The molecule has 3 aromatic rings. The number of fused-ring (bicyclic) bond motifs is 1. The molecule has 1 aliphatic rings. The fourth-order valence-electron chi connectivity index (χ4n) is 2.99. The summed E-state index contributed by atoms with van der Waals surface area (Å²) in [6, 6.07) is 6.85. The molecule has 8 nitrogen and oxygen atoms in total. The van der Waals surface area contributed by atoms with E-state index >= 15 is 0 Å². The molecule has 0 amide bonds. The van der Waals surface area contributed by atoms with Crippen LogP contribution in [0.4, 0.5) is 0 Å². The maximum atomic E-state index is 12.3. The molecular formula is C17H15IN2O6. The number of benzene rings is 1. The highest BCUT2D eigenvalue weighted by Crippen LogP contribution is 2.32. The smallest absolute Gasteiger partial charge is 0.353 e. The third-order valence-electron chi connectivity index (χ3n) is 4.36. The van der Waals surface area contributed by atoms with E-state index in [1.165, 1.54) is 4.57 Å². The molecule has 0 saturated carbocycles. The highest BCUT2D eigenvalue weighted by Gasteiger charge is 2.35. The number of ether oxygens (including phenoxy) is 1. The van der Waals surface area contributed by atoms with Gasteiger partial charge in [-0.2, -0.15) is 4.98 Å². The van der Waals surface area contributed by atoms with E-state index in [1.807, 2.05) is 22.6 Å². The third-order valence-corrected chi connectivity index (χ3v) is 5.27. The summed E-state index contributed by atoms with van der Waals surface area (Å²) < 4.78 is 13.2. The normalized spacial score (nSPS) is 23.0. The van der Waals surface area contributed by atoms with Crippen LogP contribution in [0.2, 0.25) is 0 Å². The van der Waals surface area contributed by atoms with Crippen LogP contribution in [-0.2, 0) is 4.74 Å². The summed E-state index contributed by atoms with van der Waals surface area (Å²) in [6.45, 7) is -0.325. The van der Waals surface area contributed by atoms with Gasteiger partial charge in [-0.3, -0.25) is 4.57 Å². The number of rotatable bonds is 3. The van der Waals surface area contributed by atoms with E-state index in [2.05, 4.69) is 4.98 Å². The summed E-state index contributed by atoms with van der Waals surface area (Å²) in [5, 5.41) is 29.5. The Kier molecular flexibility index (Phi) is 4.47. The van der Waals surface area contributed by atoms with Crippen LogP contribution in [0, 0.1) is 3.57 Å². The van der Waals surface area contributed by atoms with E-state index in [9.17, 15) is 20.1 Å². The van der Waals surface area contributed by atoms with Crippen molar-refractivity contribution in [2.45, 2.75) is 24.9 Å². The van der Waals surface area contributed by atoms with Crippen molar-refractivity contribution in [3.63, 3.8) is 0 Å². The Balaban J connectivity index is 1.73. The summed E-state index contributed by atoms with van der Waals surface area (Å²) in [5.74, 6) is 0.608. The minimum absolute atomic E-state index is 0.138. The second kappa shape index (κ2) is 6.65. The first-order chi connectivity index (χ1) is 12.5. The average molecular weight is 470 g/mol.